The number of carbonyl (C=O) groups is 1. The lowest BCUT2D eigenvalue weighted by molar-refractivity contribution is -0.385. The van der Waals surface area contributed by atoms with Crippen molar-refractivity contribution in [2.75, 3.05) is 50.7 Å². The van der Waals surface area contributed by atoms with Gasteiger partial charge in [-0.15, -0.1) is 0 Å². The summed E-state index contributed by atoms with van der Waals surface area (Å²) < 4.78 is 40.4. The van der Waals surface area contributed by atoms with E-state index in [4.69, 9.17) is 0 Å². The van der Waals surface area contributed by atoms with Crippen molar-refractivity contribution in [2.45, 2.75) is 26.4 Å². The lowest BCUT2D eigenvalue weighted by Crippen LogP contribution is -2.41. The molecule has 2 rings (SSSR count). The summed E-state index contributed by atoms with van der Waals surface area (Å²) in [6.07, 6.45) is -4.09. The van der Waals surface area contributed by atoms with Crippen LogP contribution >= 0.6 is 0 Å². The van der Waals surface area contributed by atoms with Crippen LogP contribution < -0.4 is 4.90 Å². The first kappa shape index (κ1) is 21.9. The highest BCUT2D eigenvalue weighted by Crippen LogP contribution is 2.39. The molecule has 0 saturated carbocycles. The second kappa shape index (κ2) is 9.22. The van der Waals surface area contributed by atoms with Gasteiger partial charge in [0.25, 0.3) is 5.69 Å². The van der Waals surface area contributed by atoms with Gasteiger partial charge in [-0.25, -0.2) is 0 Å². The minimum absolute atomic E-state index is 0.00441. The minimum Gasteiger partial charge on any atom is -0.370 e. The van der Waals surface area contributed by atoms with Crippen molar-refractivity contribution in [1.82, 2.24) is 9.80 Å². The number of hydrogen-bond donors (Lipinski definition) is 0. The molecule has 0 N–H and O–H groups in total. The largest absolute Gasteiger partial charge is 0.418 e. The first-order valence-electron chi connectivity index (χ1n) is 9.28. The lowest BCUT2D eigenvalue weighted by atomic mass is 10.1. The summed E-state index contributed by atoms with van der Waals surface area (Å²) in [5.41, 5.74) is -1.65. The number of benzene rings is 1. The van der Waals surface area contributed by atoms with Crippen molar-refractivity contribution in [2.24, 2.45) is 0 Å². The van der Waals surface area contributed by atoms with Crippen molar-refractivity contribution < 1.29 is 22.9 Å². The number of nitro groups is 1. The van der Waals surface area contributed by atoms with E-state index in [2.05, 4.69) is 0 Å². The molecule has 1 aromatic rings. The van der Waals surface area contributed by atoms with Gasteiger partial charge in [-0.2, -0.15) is 13.2 Å². The molecule has 1 amide bonds. The van der Waals surface area contributed by atoms with Crippen LogP contribution in [0.3, 0.4) is 0 Å². The molecule has 0 unspecified atom stereocenters. The van der Waals surface area contributed by atoms with Crippen molar-refractivity contribution in [3.8, 4) is 0 Å². The maximum atomic E-state index is 13.5. The number of amides is 1. The molecule has 7 nitrogen and oxygen atoms in total. The van der Waals surface area contributed by atoms with Crippen LogP contribution in [0.2, 0.25) is 0 Å². The number of halogens is 3. The molecule has 1 heterocycles. The summed E-state index contributed by atoms with van der Waals surface area (Å²) in [4.78, 5) is 27.6. The Kier molecular flexibility index (Phi) is 7.22. The van der Waals surface area contributed by atoms with Gasteiger partial charge in [0.05, 0.1) is 17.0 Å². The predicted octanol–water partition coefficient (Wildman–Crippen LogP) is 2.99. The number of rotatable bonds is 6. The summed E-state index contributed by atoms with van der Waals surface area (Å²) in [7, 11) is 0. The number of anilines is 1. The van der Waals surface area contributed by atoms with Crippen LogP contribution in [0, 0.1) is 10.1 Å². The molecule has 1 aliphatic heterocycles. The van der Waals surface area contributed by atoms with Crippen LogP contribution in [0.4, 0.5) is 24.5 Å². The van der Waals surface area contributed by atoms with Crippen LogP contribution in [0.25, 0.3) is 0 Å². The number of carbonyl (C=O) groups excluding carboxylic acids is 1. The number of nitrogens with zero attached hydrogens (tertiary/aromatic N) is 4. The molecule has 0 aliphatic carbocycles. The van der Waals surface area contributed by atoms with Gasteiger partial charge in [0.2, 0.25) is 5.91 Å². The standard InChI is InChI=1S/C18H25F3N4O3/c1-3-23(4-2)17(26)13-22-8-5-9-24(11-10-22)16-7-6-14(25(27)28)12-15(16)18(19,20)21/h6-7,12H,3-5,8-11,13H2,1-2H3. The molecule has 1 fully saturated rings. The van der Waals surface area contributed by atoms with Gasteiger partial charge in [0.1, 0.15) is 0 Å². The van der Waals surface area contributed by atoms with E-state index in [9.17, 15) is 28.1 Å². The summed E-state index contributed by atoms with van der Waals surface area (Å²) in [6, 6.07) is 2.84. The first-order chi connectivity index (χ1) is 13.2. The number of alkyl halides is 3. The highest BCUT2D eigenvalue weighted by Gasteiger charge is 2.37. The van der Waals surface area contributed by atoms with Gasteiger partial charge in [-0.05, 0) is 26.3 Å². The van der Waals surface area contributed by atoms with Gasteiger partial charge in [0.15, 0.2) is 0 Å². The zero-order valence-corrected chi connectivity index (χ0v) is 16.0. The third kappa shape index (κ3) is 5.34. The Balaban J connectivity index is 2.15. The van der Waals surface area contributed by atoms with Gasteiger partial charge in [-0.3, -0.25) is 19.8 Å². The van der Waals surface area contributed by atoms with E-state index in [0.29, 0.717) is 51.8 Å². The van der Waals surface area contributed by atoms with Gasteiger partial charge < -0.3 is 9.80 Å². The SMILES string of the molecule is CCN(CC)C(=O)CN1CCCN(c2ccc([N+](=O)[O-])cc2C(F)(F)F)CC1. The molecule has 0 atom stereocenters. The second-order valence-corrected chi connectivity index (χ2v) is 6.64. The Bertz CT molecular complexity index is 708. The minimum atomic E-state index is -4.69. The van der Waals surface area contributed by atoms with E-state index in [1.165, 1.54) is 0 Å². The number of nitro benzene ring substituents is 1. The molecular weight excluding hydrogens is 377 g/mol. The Morgan fingerprint density at radius 1 is 1.18 bits per heavy atom. The molecule has 0 bridgehead atoms. The molecule has 0 spiro atoms. The Morgan fingerprint density at radius 3 is 2.43 bits per heavy atom. The van der Waals surface area contributed by atoms with E-state index >= 15 is 0 Å². The van der Waals surface area contributed by atoms with E-state index in [-0.39, 0.29) is 18.1 Å². The maximum absolute atomic E-state index is 13.5. The fourth-order valence-corrected chi connectivity index (χ4v) is 3.38. The highest BCUT2D eigenvalue weighted by molar-refractivity contribution is 5.78. The van der Waals surface area contributed by atoms with Crippen molar-refractivity contribution >= 4 is 17.3 Å². The zero-order chi connectivity index (χ0) is 20.9. The van der Waals surface area contributed by atoms with E-state index in [1.54, 1.807) is 9.80 Å². The molecule has 156 valence electrons. The molecule has 28 heavy (non-hydrogen) atoms. The molecule has 0 aromatic heterocycles. The molecule has 1 aromatic carbocycles. The van der Waals surface area contributed by atoms with Gasteiger partial charge in [0, 0.05) is 57.1 Å². The summed E-state index contributed by atoms with van der Waals surface area (Å²) in [6.45, 7) is 7.03. The quantitative estimate of drug-likeness (QED) is 0.541. The monoisotopic (exact) mass is 402 g/mol. The topological polar surface area (TPSA) is 69.9 Å². The molecule has 1 saturated heterocycles. The van der Waals surface area contributed by atoms with E-state index in [0.717, 1.165) is 12.1 Å². The fraction of sp³-hybridized carbons (Fsp3) is 0.611. The number of likely N-dealkylation sites (N-methyl/N-ethyl adjacent to an activating group) is 1. The summed E-state index contributed by atoms with van der Waals surface area (Å²) >= 11 is 0. The summed E-state index contributed by atoms with van der Waals surface area (Å²) in [5.74, 6) is 0.00441. The number of non-ortho nitro benzene ring substituents is 1. The average molecular weight is 402 g/mol. The Morgan fingerprint density at radius 2 is 1.86 bits per heavy atom. The zero-order valence-electron chi connectivity index (χ0n) is 16.0. The van der Waals surface area contributed by atoms with E-state index in [1.807, 2.05) is 18.7 Å². The summed E-state index contributed by atoms with van der Waals surface area (Å²) in [5, 5.41) is 10.9. The molecular formula is C18H25F3N4O3. The van der Waals surface area contributed by atoms with Crippen molar-refractivity contribution in [3.63, 3.8) is 0 Å². The van der Waals surface area contributed by atoms with Gasteiger partial charge >= 0.3 is 6.18 Å². The van der Waals surface area contributed by atoms with E-state index < -0.39 is 22.4 Å². The van der Waals surface area contributed by atoms with Crippen molar-refractivity contribution in [3.05, 3.63) is 33.9 Å². The third-order valence-corrected chi connectivity index (χ3v) is 4.90. The normalized spacial score (nSPS) is 16.0. The van der Waals surface area contributed by atoms with Gasteiger partial charge in [-0.1, -0.05) is 0 Å². The average Bonchev–Trinajstić information content (AvgIpc) is 2.87. The van der Waals surface area contributed by atoms with Crippen LogP contribution in [0.1, 0.15) is 25.8 Å². The second-order valence-electron chi connectivity index (χ2n) is 6.64. The van der Waals surface area contributed by atoms with Crippen LogP contribution in [0.15, 0.2) is 18.2 Å². The molecule has 0 radical (unpaired) electrons. The first-order valence-corrected chi connectivity index (χ1v) is 9.28. The Hall–Kier alpha value is -2.36. The van der Waals surface area contributed by atoms with Crippen molar-refractivity contribution in [1.29, 1.82) is 0 Å². The fourth-order valence-electron chi connectivity index (χ4n) is 3.38. The Labute approximate surface area is 161 Å². The van der Waals surface area contributed by atoms with Crippen LogP contribution in [-0.2, 0) is 11.0 Å². The van der Waals surface area contributed by atoms with Crippen LogP contribution in [0.5, 0.6) is 0 Å². The molecule has 10 heteroatoms. The number of hydrogen-bond acceptors (Lipinski definition) is 5. The molecule has 1 aliphatic rings. The third-order valence-electron chi connectivity index (χ3n) is 4.90. The lowest BCUT2D eigenvalue weighted by Gasteiger charge is -2.27. The smallest absolute Gasteiger partial charge is 0.370 e. The maximum Gasteiger partial charge on any atom is 0.418 e. The predicted molar refractivity (Wildman–Crippen MR) is 99.3 cm³/mol. The highest BCUT2D eigenvalue weighted by atomic mass is 19.4. The van der Waals surface area contributed by atoms with Crippen LogP contribution in [-0.4, -0.2) is 66.4 Å².